The van der Waals surface area contributed by atoms with Crippen molar-refractivity contribution in [2.24, 2.45) is 0 Å². The molecule has 0 aliphatic carbocycles. The minimum Gasteiger partial charge on any atom is -0.439 e. The van der Waals surface area contributed by atoms with Gasteiger partial charge in [-0.2, -0.15) is 52.7 Å². The van der Waals surface area contributed by atoms with Crippen molar-refractivity contribution >= 4 is 47.1 Å². The number of halogens is 15. The van der Waals surface area contributed by atoms with Crippen molar-refractivity contribution < 1.29 is 118 Å². The fourth-order valence-electron chi connectivity index (χ4n) is 19.8. The fourth-order valence-corrected chi connectivity index (χ4v) is 20.7. The number of thiophene rings is 1. The number of alkyl halides is 12. The summed E-state index contributed by atoms with van der Waals surface area (Å²) in [6.45, 7) is 40.8. The predicted octanol–water partition coefficient (Wildman–Crippen LogP) is 31.8. The van der Waals surface area contributed by atoms with Gasteiger partial charge in [-0.25, -0.2) is 32.3 Å². The maximum atomic E-state index is 15.1. The Balaban J connectivity index is 0.000000155. The van der Waals surface area contributed by atoms with E-state index in [1.54, 1.807) is 122 Å². The van der Waals surface area contributed by atoms with E-state index in [-0.39, 0.29) is 42.1 Å². The fraction of sp³-hybridized carbons (Fsp3) is 0.336. The zero-order valence-electron chi connectivity index (χ0n) is 84.8. The molecule has 15 nitrogen and oxygen atoms in total. The van der Waals surface area contributed by atoms with Crippen LogP contribution in [-0.2, 0) is 85.1 Å². The van der Waals surface area contributed by atoms with E-state index in [0.29, 0.717) is 86.5 Å². The van der Waals surface area contributed by atoms with Crippen LogP contribution in [-0.4, -0.2) is 87.1 Å². The van der Waals surface area contributed by atoms with E-state index in [4.69, 9.17) is 28.4 Å². The molecule has 12 aromatic rings. The maximum absolute atomic E-state index is 15.1. The number of benzene rings is 11. The third kappa shape index (κ3) is 24.2. The van der Waals surface area contributed by atoms with Crippen LogP contribution < -0.4 is 0 Å². The highest BCUT2D eigenvalue weighted by Gasteiger charge is 2.48. The molecule has 0 bridgehead atoms. The van der Waals surface area contributed by atoms with Crippen LogP contribution in [0.25, 0.3) is 50.1 Å². The number of carbonyl (C=O) groups excluding carboxylic acids is 5. The average Bonchev–Trinajstić information content (AvgIpc) is 1.50. The standard InChI is InChI=1S/C31H31F4NO4.C30H29F4NO2.C29H27F4NO3.C26H26F3NO2S/c1-17-6-7-24(25-15-26(27(32)13-19(25)3)30(5)38-8-9-39-30)22(10-17)16-36-20(4)28(40-29(36)37)21-11-18(2)12-23(14-21)31(33,34)35;1-16(2)25-14-26(19(5)12-27(25)31)24-8-7-17(3)9-22(24)15-35-20(6)28(37-29(35)36)21-10-18(4)11-23(13-21)30(32,33)34;1-15-6-7-23(24-13-25(19(5)35)26(30)11-17(24)3)21(8-15)14-34-18(4)27(37-28(34)36)20-9-16(2)10-22(12-20)29(31,32)33;1-14-6-7-22(23-11-16(3)33-18(23)5)20(8-14)13-30-17(4)24(32-25(30)31)19-9-15(2)10-21(12-19)26(27,28)29/h6-7,10-15,20,28H,8-9,16H2,1-5H3;7-14,20,28H,1,15H2,2-6H3;6-13,18,27H,14H2,1-5H3;6-12,17,24H,13H2,1-5H3/t2*20-,28-;18-,27-;17-,24-/m0000/s1. The first-order chi connectivity index (χ1) is 68.7. The molecule has 17 rings (SSSR count). The maximum Gasteiger partial charge on any atom is 0.416 e. The molecule has 5 fully saturated rings. The Morgan fingerprint density at radius 2 is 0.605 bits per heavy atom. The number of ketones is 1. The molecule has 1 aromatic heterocycles. The highest BCUT2D eigenvalue weighted by molar-refractivity contribution is 7.12. The summed E-state index contributed by atoms with van der Waals surface area (Å²) in [6.07, 6.45) is -23.7. The van der Waals surface area contributed by atoms with Crippen LogP contribution >= 0.6 is 11.3 Å². The second-order valence-electron chi connectivity index (χ2n) is 39.1. The second-order valence-corrected chi connectivity index (χ2v) is 40.6. The highest BCUT2D eigenvalue weighted by Crippen LogP contribution is 2.49. The summed E-state index contributed by atoms with van der Waals surface area (Å²) < 4.78 is 239. The van der Waals surface area contributed by atoms with Gasteiger partial charge in [0.25, 0.3) is 0 Å². The summed E-state index contributed by atoms with van der Waals surface area (Å²) in [5.74, 6) is -2.99. The van der Waals surface area contributed by atoms with Gasteiger partial charge in [0.1, 0.15) is 41.9 Å². The van der Waals surface area contributed by atoms with Crippen LogP contribution in [0.5, 0.6) is 0 Å². The normalized spacial score (nSPS) is 18.8. The minimum absolute atomic E-state index is 0.0268. The van der Waals surface area contributed by atoms with E-state index in [9.17, 15) is 85.4 Å². The number of amides is 4. The van der Waals surface area contributed by atoms with E-state index < -0.39 is 143 Å². The molecule has 5 aliphatic heterocycles. The van der Waals surface area contributed by atoms with Gasteiger partial charge in [0, 0.05) is 20.9 Å². The number of rotatable bonds is 19. The molecule has 0 unspecified atom stereocenters. The molecule has 4 amide bonds. The van der Waals surface area contributed by atoms with Crippen LogP contribution in [0.4, 0.5) is 85.0 Å². The van der Waals surface area contributed by atoms with E-state index in [1.807, 2.05) is 109 Å². The Hall–Kier alpha value is -13.5. The number of hydrogen-bond donors (Lipinski definition) is 0. The SMILES string of the molecule is C=C(C)c1cc(-c2ccc(C)cc2CN2C(=O)O[C@H](c3cc(C)cc(C(F)(F)F)c3)[C@@H]2C)c(C)cc1F.CC(=O)c1cc(-c2ccc(C)cc2CN2C(=O)O[C@H](c3cc(C)cc(C(F)(F)F)c3)[C@@H]2C)c(C)cc1F.Cc1cc([C@H]2OC(=O)N(Cc3cc(C)ccc3-c3cc(C)sc3C)[C@H]2C)cc(C(F)(F)F)c1.Cc1cc([C@H]2OC(=O)N(Cc3cc(C)ccc3-c3cc(C4(C)OCCO4)c(F)cc3C)[C@H]2C)cc(C(F)(F)F)c1. The van der Waals surface area contributed by atoms with Crippen molar-refractivity contribution in [1.82, 2.24) is 19.6 Å². The Kier molecular flexibility index (Phi) is 31.7. The number of Topliss-reactive ketones (excluding diaryl/α,β-unsaturated/α-hetero) is 1. The van der Waals surface area contributed by atoms with Gasteiger partial charge in [0.05, 0.1) is 91.4 Å². The van der Waals surface area contributed by atoms with Crippen molar-refractivity contribution in [1.29, 1.82) is 0 Å². The van der Waals surface area contributed by atoms with Crippen LogP contribution in [0, 0.1) is 107 Å². The molecule has 8 atom stereocenters. The molecule has 5 aliphatic rings. The van der Waals surface area contributed by atoms with E-state index in [0.717, 1.165) is 138 Å². The number of ether oxygens (including phenoxy) is 6. The first kappa shape index (κ1) is 109. The van der Waals surface area contributed by atoms with Crippen LogP contribution in [0.3, 0.4) is 0 Å². The molecular weight excluding hydrogens is 1940 g/mol. The van der Waals surface area contributed by atoms with Gasteiger partial charge in [-0.15, -0.1) is 11.3 Å². The second kappa shape index (κ2) is 42.7. The lowest BCUT2D eigenvalue weighted by molar-refractivity contribution is -0.151. The van der Waals surface area contributed by atoms with Crippen molar-refractivity contribution in [3.8, 4) is 44.5 Å². The van der Waals surface area contributed by atoms with Gasteiger partial charge in [-0.3, -0.25) is 24.4 Å². The summed E-state index contributed by atoms with van der Waals surface area (Å²) in [7, 11) is 0. The molecule has 0 N–H and O–H groups in total. The molecule has 774 valence electrons. The van der Waals surface area contributed by atoms with Gasteiger partial charge in [0.15, 0.2) is 11.6 Å². The van der Waals surface area contributed by atoms with Crippen LogP contribution in [0.15, 0.2) is 195 Å². The lowest BCUT2D eigenvalue weighted by Crippen LogP contribution is -2.31. The zero-order valence-corrected chi connectivity index (χ0v) is 85.6. The van der Waals surface area contributed by atoms with Gasteiger partial charge >= 0.3 is 49.1 Å². The highest BCUT2D eigenvalue weighted by atomic mass is 32.1. The average molecular weight is 2060 g/mol. The Bertz CT molecular complexity index is 6920. The molecule has 0 radical (unpaired) electrons. The van der Waals surface area contributed by atoms with Gasteiger partial charge in [-0.1, -0.05) is 148 Å². The lowest BCUT2D eigenvalue weighted by atomic mass is 9.90. The summed E-state index contributed by atoms with van der Waals surface area (Å²) in [4.78, 5) is 72.2. The molecule has 0 spiro atoms. The van der Waals surface area contributed by atoms with E-state index in [2.05, 4.69) is 38.6 Å². The number of nitrogens with zero attached hydrogens (tertiary/aromatic N) is 4. The Morgan fingerprint density at radius 1 is 0.340 bits per heavy atom. The summed E-state index contributed by atoms with van der Waals surface area (Å²) in [5, 5.41) is 0. The van der Waals surface area contributed by atoms with Crippen molar-refractivity contribution in [3.63, 3.8) is 0 Å². The molecule has 0 saturated carbocycles. The van der Waals surface area contributed by atoms with Gasteiger partial charge in [0.2, 0.25) is 0 Å². The molecule has 6 heterocycles. The first-order valence-corrected chi connectivity index (χ1v) is 48.5. The van der Waals surface area contributed by atoms with Crippen LogP contribution in [0.2, 0.25) is 0 Å². The largest absolute Gasteiger partial charge is 0.439 e. The predicted molar refractivity (Wildman–Crippen MR) is 533 cm³/mol. The van der Waals surface area contributed by atoms with Crippen molar-refractivity contribution in [3.05, 3.63) is 366 Å². The lowest BCUT2D eigenvalue weighted by Gasteiger charge is -2.26. The van der Waals surface area contributed by atoms with Crippen molar-refractivity contribution in [2.75, 3.05) is 13.2 Å². The number of cyclic esters (lactones) is 4. The van der Waals surface area contributed by atoms with Crippen molar-refractivity contribution in [2.45, 2.75) is 244 Å². The van der Waals surface area contributed by atoms with Crippen LogP contribution in [0.1, 0.15) is 232 Å². The van der Waals surface area contributed by atoms with Gasteiger partial charge in [-0.05, 0) is 341 Å². The molecular formula is C116H113F15N4O11S. The minimum atomic E-state index is -4.52. The quantitative estimate of drug-likeness (QED) is 0.0432. The molecule has 31 heteroatoms. The third-order valence-electron chi connectivity index (χ3n) is 27.3. The monoisotopic (exact) mass is 2050 g/mol. The topological polar surface area (TPSA) is 154 Å². The first-order valence-electron chi connectivity index (χ1n) is 47.7. The summed E-state index contributed by atoms with van der Waals surface area (Å²) in [6, 6.07) is 47.8. The number of allylic oxidation sites excluding steroid dienone is 1. The number of aryl methyl sites for hydroxylation is 13. The van der Waals surface area contributed by atoms with E-state index in [1.165, 1.54) is 55.6 Å². The smallest absolute Gasteiger partial charge is 0.416 e. The van der Waals surface area contributed by atoms with Gasteiger partial charge < -0.3 is 28.4 Å². The molecule has 11 aromatic carbocycles. The Labute approximate surface area is 848 Å². The number of carbonyl (C=O) groups is 5. The molecule has 147 heavy (non-hydrogen) atoms. The molecule has 5 saturated heterocycles. The third-order valence-corrected chi connectivity index (χ3v) is 28.3. The zero-order chi connectivity index (χ0) is 108. The number of hydrogen-bond acceptors (Lipinski definition) is 12. The van der Waals surface area contributed by atoms with E-state index >= 15 is 4.39 Å². The summed E-state index contributed by atoms with van der Waals surface area (Å²) >= 11 is 1.73. The Morgan fingerprint density at radius 3 is 0.871 bits per heavy atom. The summed E-state index contributed by atoms with van der Waals surface area (Å²) in [5.41, 5.74) is 17.3.